The summed E-state index contributed by atoms with van der Waals surface area (Å²) in [6.45, 7) is 6.97. The highest BCUT2D eigenvalue weighted by Gasteiger charge is 2.14. The summed E-state index contributed by atoms with van der Waals surface area (Å²) in [5.74, 6) is 0.545. The van der Waals surface area contributed by atoms with E-state index in [2.05, 4.69) is 26.0 Å². The highest BCUT2D eigenvalue weighted by molar-refractivity contribution is 5.67. The molecule has 25 heavy (non-hydrogen) atoms. The van der Waals surface area contributed by atoms with Crippen LogP contribution in [0, 0.1) is 5.82 Å². The molecule has 0 saturated carbocycles. The van der Waals surface area contributed by atoms with E-state index in [4.69, 9.17) is 4.74 Å². The Hall–Kier alpha value is -1.83. The summed E-state index contributed by atoms with van der Waals surface area (Å²) >= 11 is 0. The van der Waals surface area contributed by atoms with Crippen molar-refractivity contribution in [1.82, 2.24) is 0 Å². The van der Waals surface area contributed by atoms with Crippen molar-refractivity contribution in [2.45, 2.75) is 65.7 Å². The molecule has 0 heterocycles. The number of aryl methyl sites for hydroxylation is 1. The summed E-state index contributed by atoms with van der Waals surface area (Å²) in [4.78, 5) is 0. The third kappa shape index (κ3) is 5.32. The van der Waals surface area contributed by atoms with Gasteiger partial charge in [0.1, 0.15) is 11.6 Å². The van der Waals surface area contributed by atoms with Crippen LogP contribution in [-0.4, -0.2) is 6.61 Å². The Morgan fingerprint density at radius 2 is 1.56 bits per heavy atom. The first kappa shape index (κ1) is 19.5. The maximum Gasteiger partial charge on any atom is 0.137 e. The van der Waals surface area contributed by atoms with E-state index in [9.17, 15) is 4.39 Å². The summed E-state index contributed by atoms with van der Waals surface area (Å²) in [7, 11) is 0. The van der Waals surface area contributed by atoms with E-state index < -0.39 is 0 Å². The van der Waals surface area contributed by atoms with Gasteiger partial charge in [-0.3, -0.25) is 0 Å². The lowest BCUT2D eigenvalue weighted by Gasteiger charge is -2.14. The number of benzene rings is 2. The number of ether oxygens (including phenoxy) is 1. The highest BCUT2D eigenvalue weighted by atomic mass is 19.1. The first-order valence-corrected chi connectivity index (χ1v) is 9.74. The second kappa shape index (κ2) is 10.2. The fourth-order valence-electron chi connectivity index (χ4n) is 3.05. The van der Waals surface area contributed by atoms with Crippen LogP contribution in [0.4, 0.5) is 4.39 Å². The summed E-state index contributed by atoms with van der Waals surface area (Å²) < 4.78 is 20.8. The largest absolute Gasteiger partial charge is 0.493 e. The number of hydrogen-bond acceptors (Lipinski definition) is 1. The molecule has 0 aromatic heterocycles. The smallest absolute Gasteiger partial charge is 0.137 e. The van der Waals surface area contributed by atoms with E-state index in [-0.39, 0.29) is 5.82 Å². The van der Waals surface area contributed by atoms with Gasteiger partial charge in [0.15, 0.2) is 0 Å². The van der Waals surface area contributed by atoms with Gasteiger partial charge in [-0.2, -0.15) is 0 Å². The zero-order valence-corrected chi connectivity index (χ0v) is 15.9. The minimum Gasteiger partial charge on any atom is -0.493 e. The summed E-state index contributed by atoms with van der Waals surface area (Å²) in [5.41, 5.74) is 3.61. The molecule has 1 nitrogen and oxygen atoms in total. The van der Waals surface area contributed by atoms with Crippen LogP contribution in [0.25, 0.3) is 11.1 Å². The standard InChI is InChI=1S/C23H31FO/c1-4-7-9-10-18-11-13-19(14-12-18)21-15-16-22(25-17-8-5-2)20(6-3)23(21)24/h11-16H,4-10,17H2,1-3H3. The molecule has 0 aliphatic heterocycles. The zero-order chi connectivity index (χ0) is 18.1. The van der Waals surface area contributed by atoms with Crippen LogP contribution in [0.3, 0.4) is 0 Å². The number of rotatable bonds is 10. The Bertz CT molecular complexity index is 646. The SMILES string of the molecule is CCCCCc1ccc(-c2ccc(OCCCC)c(CC)c2F)cc1. The Balaban J connectivity index is 2.18. The molecular weight excluding hydrogens is 311 g/mol. The molecule has 136 valence electrons. The van der Waals surface area contributed by atoms with E-state index in [0.717, 1.165) is 24.8 Å². The molecule has 0 aliphatic rings. The van der Waals surface area contributed by atoms with Crippen molar-refractivity contribution in [1.29, 1.82) is 0 Å². The quantitative estimate of drug-likeness (QED) is 0.424. The zero-order valence-electron chi connectivity index (χ0n) is 15.9. The van der Waals surface area contributed by atoms with E-state index in [0.29, 0.717) is 29.9 Å². The minimum atomic E-state index is -0.143. The molecule has 0 N–H and O–H groups in total. The lowest BCUT2D eigenvalue weighted by atomic mass is 9.98. The second-order valence-corrected chi connectivity index (χ2v) is 6.61. The van der Waals surface area contributed by atoms with Gasteiger partial charge < -0.3 is 4.74 Å². The lowest BCUT2D eigenvalue weighted by Crippen LogP contribution is -2.02. The Morgan fingerprint density at radius 1 is 0.840 bits per heavy atom. The molecule has 0 bridgehead atoms. The van der Waals surface area contributed by atoms with E-state index in [1.165, 1.54) is 24.8 Å². The van der Waals surface area contributed by atoms with Crippen LogP contribution < -0.4 is 4.74 Å². The highest BCUT2D eigenvalue weighted by Crippen LogP contribution is 2.32. The van der Waals surface area contributed by atoms with Gasteiger partial charge in [0.05, 0.1) is 6.61 Å². The first-order valence-electron chi connectivity index (χ1n) is 9.74. The normalized spacial score (nSPS) is 10.9. The van der Waals surface area contributed by atoms with Crippen LogP contribution in [0.15, 0.2) is 36.4 Å². The molecule has 0 fully saturated rings. The van der Waals surface area contributed by atoms with Gasteiger partial charge in [0.25, 0.3) is 0 Å². The molecule has 2 heteroatoms. The average molecular weight is 342 g/mol. The first-order chi connectivity index (χ1) is 12.2. The summed E-state index contributed by atoms with van der Waals surface area (Å²) in [6, 6.07) is 12.1. The van der Waals surface area contributed by atoms with Crippen molar-refractivity contribution in [2.75, 3.05) is 6.61 Å². The van der Waals surface area contributed by atoms with Crippen LogP contribution in [0.2, 0.25) is 0 Å². The maximum atomic E-state index is 15.0. The summed E-state index contributed by atoms with van der Waals surface area (Å²) in [6.07, 6.45) is 7.51. The van der Waals surface area contributed by atoms with Crippen LogP contribution >= 0.6 is 0 Å². The molecule has 0 spiro atoms. The monoisotopic (exact) mass is 342 g/mol. The van der Waals surface area contributed by atoms with Crippen LogP contribution in [0.5, 0.6) is 5.75 Å². The average Bonchev–Trinajstić information content (AvgIpc) is 2.63. The predicted molar refractivity (Wildman–Crippen MR) is 105 cm³/mol. The molecule has 0 aliphatic carbocycles. The topological polar surface area (TPSA) is 9.23 Å². The van der Waals surface area contributed by atoms with Crippen molar-refractivity contribution in [2.24, 2.45) is 0 Å². The molecule has 0 unspecified atom stereocenters. The van der Waals surface area contributed by atoms with Gasteiger partial charge in [-0.05, 0) is 48.9 Å². The summed E-state index contributed by atoms with van der Waals surface area (Å²) in [5, 5.41) is 0. The van der Waals surface area contributed by atoms with Crippen molar-refractivity contribution in [3.8, 4) is 16.9 Å². The van der Waals surface area contributed by atoms with E-state index in [1.807, 2.05) is 31.2 Å². The minimum absolute atomic E-state index is 0.143. The van der Waals surface area contributed by atoms with Gasteiger partial charge in [-0.25, -0.2) is 4.39 Å². The molecule has 0 amide bonds. The van der Waals surface area contributed by atoms with Gasteiger partial charge in [0, 0.05) is 11.1 Å². The van der Waals surface area contributed by atoms with E-state index >= 15 is 0 Å². The molecule has 2 aromatic rings. The van der Waals surface area contributed by atoms with Gasteiger partial charge in [-0.1, -0.05) is 64.3 Å². The number of halogens is 1. The Morgan fingerprint density at radius 3 is 2.20 bits per heavy atom. The van der Waals surface area contributed by atoms with Gasteiger partial charge >= 0.3 is 0 Å². The number of unbranched alkanes of at least 4 members (excludes halogenated alkanes) is 3. The van der Waals surface area contributed by atoms with Crippen molar-refractivity contribution in [3.63, 3.8) is 0 Å². The van der Waals surface area contributed by atoms with Crippen molar-refractivity contribution < 1.29 is 9.13 Å². The molecule has 0 radical (unpaired) electrons. The maximum absolute atomic E-state index is 15.0. The molecule has 2 aromatic carbocycles. The number of hydrogen-bond donors (Lipinski definition) is 0. The van der Waals surface area contributed by atoms with Crippen LogP contribution in [-0.2, 0) is 12.8 Å². The van der Waals surface area contributed by atoms with Crippen molar-refractivity contribution >= 4 is 0 Å². The third-order valence-electron chi connectivity index (χ3n) is 4.64. The molecule has 0 saturated heterocycles. The fourth-order valence-corrected chi connectivity index (χ4v) is 3.05. The Kier molecular flexibility index (Phi) is 7.97. The molecule has 2 rings (SSSR count). The fraction of sp³-hybridized carbons (Fsp3) is 0.478. The third-order valence-corrected chi connectivity index (χ3v) is 4.64. The van der Waals surface area contributed by atoms with Gasteiger partial charge in [-0.15, -0.1) is 0 Å². The second-order valence-electron chi connectivity index (χ2n) is 6.61. The van der Waals surface area contributed by atoms with Crippen molar-refractivity contribution in [3.05, 3.63) is 53.3 Å². The van der Waals surface area contributed by atoms with Crippen LogP contribution in [0.1, 0.15) is 64.0 Å². The van der Waals surface area contributed by atoms with Gasteiger partial charge in [0.2, 0.25) is 0 Å². The lowest BCUT2D eigenvalue weighted by molar-refractivity contribution is 0.304. The Labute approximate surface area is 152 Å². The molecular formula is C23H31FO. The van der Waals surface area contributed by atoms with E-state index in [1.54, 1.807) is 0 Å². The predicted octanol–water partition coefficient (Wildman–Crippen LogP) is 6.97. The molecule has 0 atom stereocenters.